The van der Waals surface area contributed by atoms with E-state index in [9.17, 15) is 0 Å². The summed E-state index contributed by atoms with van der Waals surface area (Å²) < 4.78 is 17.4. The summed E-state index contributed by atoms with van der Waals surface area (Å²) in [5.74, 6) is 1.90. The minimum atomic E-state index is -0.150. The first-order chi connectivity index (χ1) is 12.7. The number of hydrogen-bond donors (Lipinski definition) is 1. The molecule has 2 aliphatic heterocycles. The fourth-order valence-corrected chi connectivity index (χ4v) is 3.65. The first-order valence-corrected chi connectivity index (χ1v) is 9.55. The molecule has 3 rings (SSSR count). The second-order valence-electron chi connectivity index (χ2n) is 7.02. The van der Waals surface area contributed by atoms with Gasteiger partial charge in [-0.05, 0) is 12.1 Å². The van der Waals surface area contributed by atoms with E-state index in [1.807, 2.05) is 37.4 Å². The molecule has 1 aromatic rings. The Balaban J connectivity index is 1.47. The predicted octanol–water partition coefficient (Wildman–Crippen LogP) is 2.30. The van der Waals surface area contributed by atoms with Crippen LogP contribution in [0.15, 0.2) is 35.3 Å². The maximum atomic E-state index is 6.08. The first kappa shape index (κ1) is 19.0. The summed E-state index contributed by atoms with van der Waals surface area (Å²) >= 11 is 0. The lowest BCUT2D eigenvalue weighted by Crippen LogP contribution is -2.53. The normalized spacial score (nSPS) is 21.5. The number of benzene rings is 1. The van der Waals surface area contributed by atoms with Gasteiger partial charge in [-0.2, -0.15) is 0 Å². The maximum Gasteiger partial charge on any atom is 0.193 e. The molecule has 1 N–H and O–H groups in total. The predicted molar refractivity (Wildman–Crippen MR) is 103 cm³/mol. The fraction of sp³-hybridized carbons (Fsp3) is 0.650. The van der Waals surface area contributed by atoms with E-state index in [1.165, 1.54) is 0 Å². The van der Waals surface area contributed by atoms with Gasteiger partial charge in [-0.15, -0.1) is 0 Å². The average molecular weight is 361 g/mol. The van der Waals surface area contributed by atoms with Crippen molar-refractivity contribution in [2.45, 2.75) is 37.4 Å². The summed E-state index contributed by atoms with van der Waals surface area (Å²) in [6.45, 7) is 4.17. The van der Waals surface area contributed by atoms with Gasteiger partial charge in [0.15, 0.2) is 5.96 Å². The van der Waals surface area contributed by atoms with E-state index in [-0.39, 0.29) is 11.7 Å². The summed E-state index contributed by atoms with van der Waals surface area (Å²) in [5, 5.41) is 3.52. The number of nitrogens with zero attached hydrogens (tertiary/aromatic N) is 2. The molecule has 2 aliphatic rings. The zero-order chi connectivity index (χ0) is 18.2. The molecule has 6 nitrogen and oxygen atoms in total. The van der Waals surface area contributed by atoms with Gasteiger partial charge in [0.05, 0.1) is 5.60 Å². The first-order valence-electron chi connectivity index (χ1n) is 9.55. The third-order valence-electron chi connectivity index (χ3n) is 5.40. The van der Waals surface area contributed by atoms with E-state index in [1.54, 1.807) is 7.11 Å². The smallest absolute Gasteiger partial charge is 0.193 e. The maximum absolute atomic E-state index is 6.08. The number of aliphatic imine (C=N–C) groups is 1. The van der Waals surface area contributed by atoms with Crippen LogP contribution in [0.2, 0.25) is 0 Å². The molecule has 0 bridgehead atoms. The molecule has 0 unspecified atom stereocenters. The van der Waals surface area contributed by atoms with E-state index >= 15 is 0 Å². The molecule has 2 fully saturated rings. The summed E-state index contributed by atoms with van der Waals surface area (Å²) in [6.07, 6.45) is 4.10. The van der Waals surface area contributed by atoms with E-state index < -0.39 is 0 Å². The van der Waals surface area contributed by atoms with Crippen molar-refractivity contribution in [2.75, 3.05) is 47.0 Å². The fourth-order valence-electron chi connectivity index (χ4n) is 3.65. The number of ether oxygens (including phenoxy) is 3. The Bertz CT molecular complexity index is 565. The lowest BCUT2D eigenvalue weighted by Gasteiger charge is -2.38. The van der Waals surface area contributed by atoms with Crippen molar-refractivity contribution in [3.05, 3.63) is 30.3 Å². The Labute approximate surface area is 156 Å². The zero-order valence-corrected chi connectivity index (χ0v) is 15.9. The van der Waals surface area contributed by atoms with E-state index in [2.05, 4.69) is 15.2 Å². The largest absolute Gasteiger partial charge is 0.490 e. The minimum absolute atomic E-state index is 0.150. The van der Waals surface area contributed by atoms with E-state index in [0.717, 1.165) is 70.2 Å². The summed E-state index contributed by atoms with van der Waals surface area (Å²) in [6, 6.07) is 10.1. The summed E-state index contributed by atoms with van der Waals surface area (Å²) in [7, 11) is 3.64. The van der Waals surface area contributed by atoms with Crippen molar-refractivity contribution in [3.8, 4) is 5.75 Å². The highest BCUT2D eigenvalue weighted by Gasteiger charge is 2.33. The third-order valence-corrected chi connectivity index (χ3v) is 5.40. The van der Waals surface area contributed by atoms with Crippen molar-refractivity contribution in [2.24, 2.45) is 4.99 Å². The van der Waals surface area contributed by atoms with Crippen LogP contribution in [0.3, 0.4) is 0 Å². The Morgan fingerprint density at radius 3 is 2.54 bits per heavy atom. The Hall–Kier alpha value is -1.79. The molecular weight excluding hydrogens is 330 g/mol. The highest BCUT2D eigenvalue weighted by molar-refractivity contribution is 5.80. The monoisotopic (exact) mass is 361 g/mol. The topological polar surface area (TPSA) is 55.3 Å². The van der Waals surface area contributed by atoms with Gasteiger partial charge < -0.3 is 24.4 Å². The van der Waals surface area contributed by atoms with Gasteiger partial charge in [0, 0.05) is 72.7 Å². The van der Waals surface area contributed by atoms with E-state index in [0.29, 0.717) is 0 Å². The molecule has 0 spiro atoms. The van der Waals surface area contributed by atoms with Crippen LogP contribution in [0.5, 0.6) is 5.75 Å². The van der Waals surface area contributed by atoms with Crippen LogP contribution in [0.4, 0.5) is 0 Å². The number of rotatable bonds is 5. The second-order valence-corrected chi connectivity index (χ2v) is 7.02. The Kier molecular flexibility index (Phi) is 6.74. The average Bonchev–Trinajstić information content (AvgIpc) is 2.71. The summed E-state index contributed by atoms with van der Waals surface area (Å²) in [5.41, 5.74) is -0.150. The van der Waals surface area contributed by atoms with Gasteiger partial charge in [0.25, 0.3) is 0 Å². The van der Waals surface area contributed by atoms with Crippen molar-refractivity contribution < 1.29 is 14.2 Å². The zero-order valence-electron chi connectivity index (χ0n) is 15.9. The van der Waals surface area contributed by atoms with Crippen molar-refractivity contribution in [1.82, 2.24) is 10.2 Å². The summed E-state index contributed by atoms with van der Waals surface area (Å²) in [4.78, 5) is 6.79. The van der Waals surface area contributed by atoms with Gasteiger partial charge in [0.2, 0.25) is 0 Å². The number of guanidine groups is 1. The highest BCUT2D eigenvalue weighted by Crippen LogP contribution is 2.24. The van der Waals surface area contributed by atoms with Crippen LogP contribution < -0.4 is 10.1 Å². The molecule has 0 aliphatic carbocycles. The molecule has 2 heterocycles. The standard InChI is InChI=1S/C20H31N3O3/c1-21-19(22-16-20(24-2)10-14-25-15-11-20)23-12-8-18(9-13-23)26-17-6-4-3-5-7-17/h3-7,18H,8-16H2,1-2H3,(H,21,22). The molecule has 1 aromatic carbocycles. The van der Waals surface area contributed by atoms with Crippen LogP contribution in [0.1, 0.15) is 25.7 Å². The van der Waals surface area contributed by atoms with E-state index in [4.69, 9.17) is 14.2 Å². The number of methoxy groups -OCH3 is 1. The van der Waals surface area contributed by atoms with Crippen LogP contribution in [0, 0.1) is 0 Å². The van der Waals surface area contributed by atoms with Crippen LogP contribution in [-0.4, -0.2) is 69.6 Å². The lowest BCUT2D eigenvalue weighted by molar-refractivity contribution is -0.0858. The highest BCUT2D eigenvalue weighted by atomic mass is 16.5. The number of para-hydroxylation sites is 1. The SMILES string of the molecule is CN=C(NCC1(OC)CCOCC1)N1CCC(Oc2ccccc2)CC1. The van der Waals surface area contributed by atoms with Gasteiger partial charge >= 0.3 is 0 Å². The molecule has 144 valence electrons. The molecule has 6 heteroatoms. The van der Waals surface area contributed by atoms with Crippen molar-refractivity contribution >= 4 is 5.96 Å². The molecule has 0 radical (unpaired) electrons. The number of nitrogens with one attached hydrogen (secondary N) is 1. The number of piperidine rings is 1. The van der Waals surface area contributed by atoms with Crippen LogP contribution >= 0.6 is 0 Å². The molecule has 0 amide bonds. The Morgan fingerprint density at radius 1 is 1.23 bits per heavy atom. The number of likely N-dealkylation sites (tertiary alicyclic amines) is 1. The minimum Gasteiger partial charge on any atom is -0.490 e. The molecular formula is C20H31N3O3. The lowest BCUT2D eigenvalue weighted by atomic mass is 9.94. The Morgan fingerprint density at radius 2 is 1.92 bits per heavy atom. The molecule has 2 saturated heterocycles. The molecule has 26 heavy (non-hydrogen) atoms. The van der Waals surface area contributed by atoms with Gasteiger partial charge in [0.1, 0.15) is 11.9 Å². The third kappa shape index (κ3) is 4.89. The van der Waals surface area contributed by atoms with Crippen LogP contribution in [-0.2, 0) is 9.47 Å². The van der Waals surface area contributed by atoms with Crippen LogP contribution in [0.25, 0.3) is 0 Å². The molecule has 0 saturated carbocycles. The van der Waals surface area contributed by atoms with Crippen molar-refractivity contribution in [3.63, 3.8) is 0 Å². The van der Waals surface area contributed by atoms with Gasteiger partial charge in [-0.1, -0.05) is 18.2 Å². The second kappa shape index (κ2) is 9.24. The number of hydrogen-bond acceptors (Lipinski definition) is 4. The van der Waals surface area contributed by atoms with Crippen molar-refractivity contribution in [1.29, 1.82) is 0 Å². The molecule has 0 atom stereocenters. The quantitative estimate of drug-likeness (QED) is 0.644. The molecule has 0 aromatic heterocycles. The van der Waals surface area contributed by atoms with Gasteiger partial charge in [-0.25, -0.2) is 0 Å². The van der Waals surface area contributed by atoms with Gasteiger partial charge in [-0.3, -0.25) is 4.99 Å².